The summed E-state index contributed by atoms with van der Waals surface area (Å²) in [6.07, 6.45) is 1.18. The standard InChI is InChI=1S/C15H28N2O/c1-12-10-13(16-18-12)11-17(15(5,6)7)9-8-14(2,3)4/h10H,8-9,11H2,1-7H3. The van der Waals surface area contributed by atoms with Crippen LogP contribution in [0.3, 0.4) is 0 Å². The molecule has 0 aliphatic rings. The summed E-state index contributed by atoms with van der Waals surface area (Å²) in [5.41, 5.74) is 1.54. The van der Waals surface area contributed by atoms with Crippen molar-refractivity contribution in [2.75, 3.05) is 6.54 Å². The molecule has 0 N–H and O–H groups in total. The van der Waals surface area contributed by atoms with Crippen LogP contribution in [-0.2, 0) is 6.54 Å². The molecule has 0 aliphatic heterocycles. The van der Waals surface area contributed by atoms with E-state index in [2.05, 4.69) is 51.6 Å². The summed E-state index contributed by atoms with van der Waals surface area (Å²) in [5.74, 6) is 0.884. The predicted octanol–water partition coefficient (Wildman–Crippen LogP) is 4.02. The average molecular weight is 252 g/mol. The molecule has 1 aromatic rings. The fourth-order valence-electron chi connectivity index (χ4n) is 1.81. The van der Waals surface area contributed by atoms with E-state index in [0.717, 1.165) is 24.5 Å². The molecule has 3 heteroatoms. The van der Waals surface area contributed by atoms with Crippen molar-refractivity contribution < 1.29 is 4.52 Å². The second-order valence-corrected chi connectivity index (χ2v) is 7.33. The van der Waals surface area contributed by atoms with Crippen LogP contribution in [0, 0.1) is 12.3 Å². The Hall–Kier alpha value is -0.830. The summed E-state index contributed by atoms with van der Waals surface area (Å²) in [5, 5.41) is 4.10. The average Bonchev–Trinajstić information content (AvgIpc) is 2.55. The molecule has 0 atom stereocenters. The zero-order chi connectivity index (χ0) is 14.0. The molecule has 0 bridgehead atoms. The van der Waals surface area contributed by atoms with Gasteiger partial charge < -0.3 is 4.52 Å². The van der Waals surface area contributed by atoms with Crippen molar-refractivity contribution in [1.29, 1.82) is 0 Å². The lowest BCUT2D eigenvalue weighted by molar-refractivity contribution is 0.107. The summed E-state index contributed by atoms with van der Waals surface area (Å²) in [4.78, 5) is 2.47. The molecule has 18 heavy (non-hydrogen) atoms. The second-order valence-electron chi connectivity index (χ2n) is 7.33. The molecule has 0 aromatic carbocycles. The maximum absolute atomic E-state index is 5.15. The first-order chi connectivity index (χ1) is 8.08. The molecule has 0 unspecified atom stereocenters. The van der Waals surface area contributed by atoms with Gasteiger partial charge in [0, 0.05) is 18.2 Å². The van der Waals surface area contributed by atoms with Crippen LogP contribution in [-0.4, -0.2) is 22.1 Å². The largest absolute Gasteiger partial charge is 0.361 e. The van der Waals surface area contributed by atoms with Gasteiger partial charge in [-0.3, -0.25) is 4.90 Å². The Balaban J connectivity index is 2.68. The van der Waals surface area contributed by atoms with E-state index < -0.39 is 0 Å². The maximum atomic E-state index is 5.15. The monoisotopic (exact) mass is 252 g/mol. The fraction of sp³-hybridized carbons (Fsp3) is 0.800. The third-order valence-electron chi connectivity index (χ3n) is 3.11. The predicted molar refractivity (Wildman–Crippen MR) is 75.5 cm³/mol. The van der Waals surface area contributed by atoms with Crippen LogP contribution >= 0.6 is 0 Å². The van der Waals surface area contributed by atoms with Crippen LogP contribution in [0.25, 0.3) is 0 Å². The summed E-state index contributed by atoms with van der Waals surface area (Å²) in [7, 11) is 0. The molecule has 104 valence electrons. The highest BCUT2D eigenvalue weighted by Gasteiger charge is 2.24. The number of rotatable bonds is 4. The van der Waals surface area contributed by atoms with Gasteiger partial charge in [0.05, 0.1) is 5.69 Å². The van der Waals surface area contributed by atoms with Gasteiger partial charge in [0.15, 0.2) is 0 Å². The molecule has 1 rings (SSSR count). The Morgan fingerprint density at radius 2 is 1.78 bits per heavy atom. The lowest BCUT2D eigenvalue weighted by Gasteiger charge is -2.36. The van der Waals surface area contributed by atoms with Crippen LogP contribution in [0.5, 0.6) is 0 Å². The van der Waals surface area contributed by atoms with Gasteiger partial charge in [0.25, 0.3) is 0 Å². The minimum absolute atomic E-state index is 0.151. The molecule has 1 aromatic heterocycles. The van der Waals surface area contributed by atoms with E-state index in [4.69, 9.17) is 4.52 Å². The van der Waals surface area contributed by atoms with Gasteiger partial charge in [0.2, 0.25) is 0 Å². The SMILES string of the molecule is Cc1cc(CN(CCC(C)(C)C)C(C)(C)C)no1. The highest BCUT2D eigenvalue weighted by molar-refractivity contribution is 5.04. The van der Waals surface area contributed by atoms with Gasteiger partial charge in [-0.15, -0.1) is 0 Å². The van der Waals surface area contributed by atoms with Crippen LogP contribution in [0.15, 0.2) is 10.6 Å². The van der Waals surface area contributed by atoms with Crippen molar-refractivity contribution in [3.8, 4) is 0 Å². The maximum Gasteiger partial charge on any atom is 0.133 e. The molecule has 0 aliphatic carbocycles. The first-order valence-corrected chi connectivity index (χ1v) is 6.75. The minimum Gasteiger partial charge on any atom is -0.361 e. The third-order valence-corrected chi connectivity index (χ3v) is 3.11. The van der Waals surface area contributed by atoms with Crippen molar-refractivity contribution >= 4 is 0 Å². The van der Waals surface area contributed by atoms with Crippen LogP contribution in [0.4, 0.5) is 0 Å². The quantitative estimate of drug-likeness (QED) is 0.810. The summed E-state index contributed by atoms with van der Waals surface area (Å²) < 4.78 is 5.15. The first kappa shape index (κ1) is 15.2. The molecular formula is C15H28N2O. The Bertz CT molecular complexity index is 369. The van der Waals surface area contributed by atoms with E-state index >= 15 is 0 Å². The van der Waals surface area contributed by atoms with Crippen molar-refractivity contribution in [3.63, 3.8) is 0 Å². The number of aromatic nitrogens is 1. The zero-order valence-corrected chi connectivity index (χ0v) is 13.0. The summed E-state index contributed by atoms with van der Waals surface area (Å²) in [6.45, 7) is 17.5. The van der Waals surface area contributed by atoms with Gasteiger partial charge in [-0.2, -0.15) is 0 Å². The van der Waals surface area contributed by atoms with E-state index in [1.165, 1.54) is 6.42 Å². The Kier molecular flexibility index (Phi) is 4.60. The number of aryl methyl sites for hydroxylation is 1. The van der Waals surface area contributed by atoms with Gasteiger partial charge >= 0.3 is 0 Å². The number of hydrogen-bond acceptors (Lipinski definition) is 3. The second kappa shape index (κ2) is 5.43. The van der Waals surface area contributed by atoms with E-state index in [-0.39, 0.29) is 5.54 Å². The van der Waals surface area contributed by atoms with Crippen molar-refractivity contribution in [2.24, 2.45) is 5.41 Å². The molecule has 0 fully saturated rings. The molecule has 1 heterocycles. The zero-order valence-electron chi connectivity index (χ0n) is 13.0. The Labute approximate surface area is 112 Å². The summed E-state index contributed by atoms with van der Waals surface area (Å²) in [6, 6.07) is 2.02. The van der Waals surface area contributed by atoms with Crippen molar-refractivity contribution in [1.82, 2.24) is 10.1 Å². The molecule has 0 saturated carbocycles. The fourth-order valence-corrected chi connectivity index (χ4v) is 1.81. The van der Waals surface area contributed by atoms with Crippen molar-refractivity contribution in [3.05, 3.63) is 17.5 Å². The van der Waals surface area contributed by atoms with Crippen LogP contribution in [0.1, 0.15) is 59.4 Å². The van der Waals surface area contributed by atoms with Crippen LogP contribution in [0.2, 0.25) is 0 Å². The van der Waals surface area contributed by atoms with E-state index in [1.807, 2.05) is 13.0 Å². The van der Waals surface area contributed by atoms with Crippen LogP contribution < -0.4 is 0 Å². The van der Waals surface area contributed by atoms with E-state index in [1.54, 1.807) is 0 Å². The van der Waals surface area contributed by atoms with Gasteiger partial charge in [-0.1, -0.05) is 25.9 Å². The molecule has 0 spiro atoms. The minimum atomic E-state index is 0.151. The topological polar surface area (TPSA) is 29.3 Å². The molecular weight excluding hydrogens is 224 g/mol. The Morgan fingerprint density at radius 3 is 2.17 bits per heavy atom. The summed E-state index contributed by atoms with van der Waals surface area (Å²) >= 11 is 0. The third kappa shape index (κ3) is 5.21. The van der Waals surface area contributed by atoms with E-state index in [9.17, 15) is 0 Å². The Morgan fingerprint density at radius 1 is 1.17 bits per heavy atom. The lowest BCUT2D eigenvalue weighted by atomic mass is 9.91. The molecule has 0 amide bonds. The van der Waals surface area contributed by atoms with Crippen molar-refractivity contribution in [2.45, 2.75) is 67.0 Å². The highest BCUT2D eigenvalue weighted by Crippen LogP contribution is 2.23. The lowest BCUT2D eigenvalue weighted by Crippen LogP contribution is -2.42. The van der Waals surface area contributed by atoms with Gasteiger partial charge in [-0.25, -0.2) is 0 Å². The molecule has 0 radical (unpaired) electrons. The smallest absolute Gasteiger partial charge is 0.133 e. The first-order valence-electron chi connectivity index (χ1n) is 6.75. The molecule has 0 saturated heterocycles. The van der Waals surface area contributed by atoms with Gasteiger partial charge in [-0.05, 0) is 46.1 Å². The molecule has 3 nitrogen and oxygen atoms in total. The number of nitrogens with zero attached hydrogens (tertiary/aromatic N) is 2. The number of hydrogen-bond donors (Lipinski definition) is 0. The van der Waals surface area contributed by atoms with Gasteiger partial charge in [0.1, 0.15) is 5.76 Å². The van der Waals surface area contributed by atoms with E-state index in [0.29, 0.717) is 5.41 Å². The normalized spacial score (nSPS) is 13.3. The highest BCUT2D eigenvalue weighted by atomic mass is 16.5.